The number of esters is 1. The van der Waals surface area contributed by atoms with Gasteiger partial charge in [0.05, 0.1) is 18.7 Å². The van der Waals surface area contributed by atoms with Crippen molar-refractivity contribution in [2.24, 2.45) is 5.92 Å². The summed E-state index contributed by atoms with van der Waals surface area (Å²) in [6.07, 6.45) is 2.46. The fourth-order valence-corrected chi connectivity index (χ4v) is 3.22. The third-order valence-electron chi connectivity index (χ3n) is 4.07. The Morgan fingerprint density at radius 1 is 1.33 bits per heavy atom. The summed E-state index contributed by atoms with van der Waals surface area (Å²) < 4.78 is 5.65. The second-order valence-electron chi connectivity index (χ2n) is 5.25. The molecule has 1 N–H and O–H groups in total. The molecule has 1 aromatic rings. The molecule has 0 unspecified atom stereocenters. The number of carbonyl (C=O) groups is 1. The first-order valence-electron chi connectivity index (χ1n) is 6.52. The zero-order valence-electron chi connectivity index (χ0n) is 10.2. The van der Waals surface area contributed by atoms with E-state index in [2.05, 4.69) is 0 Å². The number of nitrogens with one attached hydrogen (secondary N) is 1. The predicted octanol–water partition coefficient (Wildman–Crippen LogP) is 1.17. The van der Waals surface area contributed by atoms with Gasteiger partial charge in [-0.15, -0.1) is 0 Å². The number of halogens is 1. The minimum absolute atomic E-state index is 0.0916. The van der Waals surface area contributed by atoms with Gasteiger partial charge in [-0.3, -0.25) is 0 Å². The van der Waals surface area contributed by atoms with E-state index in [1.165, 1.54) is 25.9 Å². The summed E-state index contributed by atoms with van der Waals surface area (Å²) in [7, 11) is 0. The molecule has 0 aromatic heterocycles. The van der Waals surface area contributed by atoms with Gasteiger partial charge in [-0.2, -0.15) is 0 Å². The van der Waals surface area contributed by atoms with E-state index in [-0.39, 0.29) is 12.1 Å². The lowest BCUT2D eigenvalue weighted by Crippen LogP contribution is -3.16. The van der Waals surface area contributed by atoms with Gasteiger partial charge in [0, 0.05) is 23.8 Å². The highest BCUT2D eigenvalue weighted by Crippen LogP contribution is 2.22. The first kappa shape index (κ1) is 12.0. The Hall–Kier alpha value is -1.06. The van der Waals surface area contributed by atoms with Crippen LogP contribution in [0.3, 0.4) is 0 Å². The molecule has 4 heteroatoms. The third-order valence-corrected chi connectivity index (χ3v) is 4.31. The van der Waals surface area contributed by atoms with Gasteiger partial charge in [-0.1, -0.05) is 17.7 Å². The Kier molecular flexibility index (Phi) is 3.27. The number of hydrogen-bond donors (Lipinski definition) is 1. The molecule has 18 heavy (non-hydrogen) atoms. The number of hydrogen-bond acceptors (Lipinski definition) is 2. The second kappa shape index (κ2) is 4.90. The van der Waals surface area contributed by atoms with Crippen molar-refractivity contribution in [1.82, 2.24) is 0 Å². The lowest BCUT2D eigenvalue weighted by Gasteiger charge is -2.41. The molecule has 0 amide bonds. The van der Waals surface area contributed by atoms with Crippen LogP contribution in [0.25, 0.3) is 0 Å². The molecule has 0 spiro atoms. The summed E-state index contributed by atoms with van der Waals surface area (Å²) in [6.45, 7) is 3.43. The highest BCUT2D eigenvalue weighted by Gasteiger charge is 2.39. The van der Waals surface area contributed by atoms with Crippen LogP contribution in [0, 0.1) is 5.92 Å². The van der Waals surface area contributed by atoms with Gasteiger partial charge in [-0.05, 0) is 18.2 Å². The van der Waals surface area contributed by atoms with E-state index in [0.29, 0.717) is 16.5 Å². The van der Waals surface area contributed by atoms with Gasteiger partial charge < -0.3 is 9.64 Å². The largest absolute Gasteiger partial charge is 0.452 e. The first-order chi connectivity index (χ1) is 8.72. The predicted molar refractivity (Wildman–Crippen MR) is 68.9 cm³/mol. The number of ether oxygens (including phenoxy) is 1. The number of fused-ring (bicyclic) bond motifs is 3. The number of carbonyl (C=O) groups excluding carboxylic acids is 1. The zero-order valence-corrected chi connectivity index (χ0v) is 11.0. The van der Waals surface area contributed by atoms with Crippen LogP contribution in [0.2, 0.25) is 5.02 Å². The molecule has 2 bridgehead atoms. The van der Waals surface area contributed by atoms with Gasteiger partial charge >= 0.3 is 5.97 Å². The molecule has 3 fully saturated rings. The lowest BCUT2D eigenvalue weighted by molar-refractivity contribution is -0.920. The molecule has 0 radical (unpaired) electrons. The van der Waals surface area contributed by atoms with Crippen LogP contribution < -0.4 is 4.90 Å². The number of quaternary nitrogens is 1. The topological polar surface area (TPSA) is 30.7 Å². The molecule has 3 nitrogen and oxygen atoms in total. The normalized spacial score (nSPS) is 30.2. The molecule has 0 aliphatic carbocycles. The maximum absolute atomic E-state index is 12.1. The molecule has 0 saturated carbocycles. The molecular weight excluding hydrogens is 250 g/mol. The van der Waals surface area contributed by atoms with Crippen LogP contribution in [0.5, 0.6) is 0 Å². The van der Waals surface area contributed by atoms with Crippen LogP contribution in [0.1, 0.15) is 23.2 Å². The maximum atomic E-state index is 12.1. The van der Waals surface area contributed by atoms with Crippen LogP contribution in [0.4, 0.5) is 0 Å². The molecule has 96 valence electrons. The van der Waals surface area contributed by atoms with Gasteiger partial charge in [-0.25, -0.2) is 4.79 Å². The van der Waals surface area contributed by atoms with E-state index >= 15 is 0 Å². The molecule has 3 heterocycles. The van der Waals surface area contributed by atoms with Crippen molar-refractivity contribution in [2.75, 3.05) is 19.6 Å². The summed E-state index contributed by atoms with van der Waals surface area (Å²) in [6, 6.07) is 6.96. The molecule has 4 rings (SSSR count). The van der Waals surface area contributed by atoms with E-state index < -0.39 is 0 Å². The summed E-state index contributed by atoms with van der Waals surface area (Å²) in [5, 5.41) is 0.573. The average molecular weight is 267 g/mol. The summed E-state index contributed by atoms with van der Waals surface area (Å²) in [4.78, 5) is 13.6. The average Bonchev–Trinajstić information content (AvgIpc) is 2.40. The van der Waals surface area contributed by atoms with Gasteiger partial charge in [0.1, 0.15) is 6.54 Å². The Labute approximate surface area is 112 Å². The molecule has 3 aliphatic rings. The molecular formula is C14H17ClNO2+. The zero-order chi connectivity index (χ0) is 12.5. The lowest BCUT2D eigenvalue weighted by atomic mass is 9.86. The van der Waals surface area contributed by atoms with Crippen molar-refractivity contribution < 1.29 is 14.4 Å². The third kappa shape index (κ3) is 2.38. The number of rotatable bonds is 2. The highest BCUT2D eigenvalue weighted by atomic mass is 35.5. The molecule has 3 saturated heterocycles. The number of benzene rings is 1. The van der Waals surface area contributed by atoms with Crippen molar-refractivity contribution in [3.8, 4) is 0 Å². The number of piperidine rings is 3. The Morgan fingerprint density at radius 2 is 2.11 bits per heavy atom. The Bertz CT molecular complexity index is 455. The Balaban J connectivity index is 1.68. The van der Waals surface area contributed by atoms with Crippen molar-refractivity contribution in [3.05, 3.63) is 34.9 Å². The smallest absolute Gasteiger partial charge is 0.338 e. The van der Waals surface area contributed by atoms with Crippen LogP contribution in [0.15, 0.2) is 24.3 Å². The van der Waals surface area contributed by atoms with E-state index in [4.69, 9.17) is 16.3 Å². The molecule has 3 aliphatic heterocycles. The maximum Gasteiger partial charge on any atom is 0.338 e. The fraction of sp³-hybridized carbons (Fsp3) is 0.500. The van der Waals surface area contributed by atoms with Crippen molar-refractivity contribution in [1.29, 1.82) is 0 Å². The van der Waals surface area contributed by atoms with Crippen molar-refractivity contribution >= 4 is 17.6 Å². The van der Waals surface area contributed by atoms with Crippen molar-refractivity contribution in [3.63, 3.8) is 0 Å². The fourth-order valence-electron chi connectivity index (χ4n) is 3.03. The first-order valence-corrected chi connectivity index (χ1v) is 6.90. The quantitative estimate of drug-likeness (QED) is 0.815. The highest BCUT2D eigenvalue weighted by molar-refractivity contribution is 6.30. The molecule has 1 atom stereocenters. The van der Waals surface area contributed by atoms with Gasteiger partial charge in [0.15, 0.2) is 6.10 Å². The van der Waals surface area contributed by atoms with Gasteiger partial charge in [0.2, 0.25) is 0 Å². The van der Waals surface area contributed by atoms with E-state index in [1.807, 2.05) is 0 Å². The van der Waals surface area contributed by atoms with E-state index in [1.54, 1.807) is 29.2 Å². The summed E-state index contributed by atoms with van der Waals surface area (Å²) in [5.74, 6) is 0.321. The Morgan fingerprint density at radius 3 is 2.72 bits per heavy atom. The standard InChI is InChI=1S/C14H16ClNO2/c15-12-3-1-2-11(8-12)14(17)18-13-9-16-6-4-10(13)5-7-16/h1-3,8,10,13H,4-7,9H2/p+1/t13-/m0/s1. The van der Waals surface area contributed by atoms with Crippen molar-refractivity contribution in [2.45, 2.75) is 18.9 Å². The summed E-state index contributed by atoms with van der Waals surface area (Å²) in [5.41, 5.74) is 0.550. The second-order valence-corrected chi connectivity index (χ2v) is 5.68. The van der Waals surface area contributed by atoms with Gasteiger partial charge in [0.25, 0.3) is 0 Å². The monoisotopic (exact) mass is 266 g/mol. The minimum atomic E-state index is -0.240. The SMILES string of the molecule is O=C(O[C@H]1C[NH+]2CCC1CC2)c1cccc(Cl)c1. The van der Waals surface area contributed by atoms with Crippen LogP contribution >= 0.6 is 11.6 Å². The van der Waals surface area contributed by atoms with Crippen LogP contribution in [-0.4, -0.2) is 31.7 Å². The summed E-state index contributed by atoms with van der Waals surface area (Å²) >= 11 is 5.88. The van der Waals surface area contributed by atoms with E-state index in [0.717, 1.165) is 6.54 Å². The van der Waals surface area contributed by atoms with Crippen LogP contribution in [-0.2, 0) is 4.74 Å². The minimum Gasteiger partial charge on any atom is -0.452 e. The van der Waals surface area contributed by atoms with E-state index in [9.17, 15) is 4.79 Å². The molecule has 1 aromatic carbocycles.